The third-order valence-electron chi connectivity index (χ3n) is 2.92. The lowest BCUT2D eigenvalue weighted by Gasteiger charge is -2.37. The van der Waals surface area contributed by atoms with Gasteiger partial charge in [-0.05, 0) is 11.6 Å². The van der Waals surface area contributed by atoms with Crippen molar-refractivity contribution in [3.63, 3.8) is 0 Å². The van der Waals surface area contributed by atoms with E-state index < -0.39 is 0 Å². The van der Waals surface area contributed by atoms with Crippen LogP contribution in [-0.4, -0.2) is 32.7 Å². The lowest BCUT2D eigenvalue weighted by Crippen LogP contribution is -2.44. The smallest absolute Gasteiger partial charge is 0.327 e. The molecule has 1 fully saturated rings. The number of imidazole rings is 1. The number of hydrogen-bond acceptors (Lipinski definition) is 4. The molecule has 2 aromatic rings. The van der Waals surface area contributed by atoms with Gasteiger partial charge in [0.05, 0.1) is 19.4 Å². The van der Waals surface area contributed by atoms with Gasteiger partial charge in [-0.1, -0.05) is 6.92 Å². The van der Waals surface area contributed by atoms with Crippen LogP contribution in [0.5, 0.6) is 0 Å². The van der Waals surface area contributed by atoms with E-state index in [4.69, 9.17) is 16.3 Å². The summed E-state index contributed by atoms with van der Waals surface area (Å²) in [6.45, 7) is 3.96. The zero-order chi connectivity index (χ0) is 12.0. The van der Waals surface area contributed by atoms with E-state index >= 15 is 0 Å². The molecule has 0 unspecified atom stereocenters. The van der Waals surface area contributed by atoms with Crippen LogP contribution in [0.2, 0.25) is 5.28 Å². The summed E-state index contributed by atoms with van der Waals surface area (Å²) in [5.41, 5.74) is 0.951. The van der Waals surface area contributed by atoms with Crippen molar-refractivity contribution < 1.29 is 4.74 Å². The largest absolute Gasteiger partial charge is 0.380 e. The number of nitrogens with zero attached hydrogens (tertiary/aromatic N) is 3. The highest BCUT2D eigenvalue weighted by Crippen LogP contribution is 2.28. The number of rotatable bonds is 2. The van der Waals surface area contributed by atoms with Crippen LogP contribution in [0.15, 0.2) is 11.0 Å². The maximum Gasteiger partial charge on any atom is 0.327 e. The maximum atomic E-state index is 11.8. The molecule has 1 aliphatic heterocycles. The highest BCUT2D eigenvalue weighted by molar-refractivity contribution is 6.28. The molecule has 3 rings (SSSR count). The maximum absolute atomic E-state index is 11.8. The number of ether oxygens (including phenoxy) is 1. The normalized spacial score (nSPS) is 18.2. The third kappa shape index (κ3) is 1.73. The van der Waals surface area contributed by atoms with Gasteiger partial charge in [0.2, 0.25) is 5.28 Å². The fraction of sp³-hybridized carbons (Fsp3) is 0.500. The van der Waals surface area contributed by atoms with Crippen LogP contribution in [0.25, 0.3) is 11.2 Å². The second-order valence-electron chi connectivity index (χ2n) is 4.70. The first-order valence-corrected chi connectivity index (χ1v) is 5.64. The molecule has 90 valence electrons. The molecule has 1 saturated heterocycles. The number of nitrogens with one attached hydrogen (secondary N) is 1. The van der Waals surface area contributed by atoms with E-state index in [1.54, 1.807) is 4.57 Å². The Balaban J connectivity index is 2.11. The molecule has 1 aliphatic rings. The van der Waals surface area contributed by atoms with Crippen molar-refractivity contribution in [1.82, 2.24) is 19.5 Å². The van der Waals surface area contributed by atoms with Crippen LogP contribution >= 0.6 is 11.6 Å². The van der Waals surface area contributed by atoms with Crippen molar-refractivity contribution in [2.75, 3.05) is 13.2 Å². The topological polar surface area (TPSA) is 72.8 Å². The van der Waals surface area contributed by atoms with Crippen molar-refractivity contribution in [2.24, 2.45) is 5.41 Å². The molecule has 2 aromatic heterocycles. The quantitative estimate of drug-likeness (QED) is 0.805. The lowest BCUT2D eigenvalue weighted by molar-refractivity contribution is -0.110. The second-order valence-corrected chi connectivity index (χ2v) is 5.03. The minimum atomic E-state index is -0.190. The van der Waals surface area contributed by atoms with Gasteiger partial charge in [0.25, 0.3) is 0 Å². The Hall–Kier alpha value is -1.40. The summed E-state index contributed by atoms with van der Waals surface area (Å²) >= 11 is 5.74. The van der Waals surface area contributed by atoms with Crippen LogP contribution in [0.1, 0.15) is 6.92 Å². The van der Waals surface area contributed by atoms with Gasteiger partial charge in [0.15, 0.2) is 5.65 Å². The standard InChI is InChI=1S/C10H11ClN4O2/c1-10(4-17-5-10)3-15-7-6(13-9(15)16)2-12-8(11)14-7/h2H,3-5H2,1H3,(H,13,16). The van der Waals surface area contributed by atoms with Crippen molar-refractivity contribution in [1.29, 1.82) is 0 Å². The molecule has 0 amide bonds. The first-order valence-electron chi connectivity index (χ1n) is 5.26. The van der Waals surface area contributed by atoms with Gasteiger partial charge >= 0.3 is 5.69 Å². The third-order valence-corrected chi connectivity index (χ3v) is 3.10. The van der Waals surface area contributed by atoms with Crippen LogP contribution in [-0.2, 0) is 11.3 Å². The molecule has 7 heteroatoms. The molecule has 0 spiro atoms. The molecular weight excluding hydrogens is 244 g/mol. The molecule has 1 N–H and O–H groups in total. The van der Waals surface area contributed by atoms with E-state index in [0.717, 1.165) is 0 Å². The van der Waals surface area contributed by atoms with Crippen LogP contribution in [0.4, 0.5) is 0 Å². The molecule has 0 aliphatic carbocycles. The van der Waals surface area contributed by atoms with Crippen molar-refractivity contribution >= 4 is 22.8 Å². The first-order chi connectivity index (χ1) is 8.07. The predicted octanol–water partition coefficient (Wildman–Crippen LogP) is 0.809. The molecule has 17 heavy (non-hydrogen) atoms. The molecule has 0 bridgehead atoms. The van der Waals surface area contributed by atoms with Crippen LogP contribution < -0.4 is 5.69 Å². The minimum absolute atomic E-state index is 0.00360. The minimum Gasteiger partial charge on any atom is -0.380 e. The molecule has 0 atom stereocenters. The van der Waals surface area contributed by atoms with Crippen LogP contribution in [0, 0.1) is 5.41 Å². The molecule has 0 radical (unpaired) electrons. The molecule has 6 nitrogen and oxygen atoms in total. The Labute approximate surface area is 102 Å². The van der Waals surface area contributed by atoms with E-state index in [2.05, 4.69) is 21.9 Å². The van der Waals surface area contributed by atoms with E-state index in [-0.39, 0.29) is 16.4 Å². The van der Waals surface area contributed by atoms with Crippen molar-refractivity contribution in [3.8, 4) is 0 Å². The zero-order valence-corrected chi connectivity index (χ0v) is 9.99. The van der Waals surface area contributed by atoms with E-state index in [1.165, 1.54) is 6.20 Å². The summed E-state index contributed by atoms with van der Waals surface area (Å²) in [7, 11) is 0. The van der Waals surface area contributed by atoms with E-state index in [1.807, 2.05) is 0 Å². The number of aromatic nitrogens is 4. The Morgan fingerprint density at radius 3 is 3.06 bits per heavy atom. The summed E-state index contributed by atoms with van der Waals surface area (Å²) in [5.74, 6) is 0. The number of hydrogen-bond donors (Lipinski definition) is 1. The average molecular weight is 255 g/mol. The van der Waals surface area contributed by atoms with Gasteiger partial charge in [-0.2, -0.15) is 4.98 Å². The fourth-order valence-electron chi connectivity index (χ4n) is 2.00. The van der Waals surface area contributed by atoms with E-state index in [0.29, 0.717) is 30.9 Å². The number of fused-ring (bicyclic) bond motifs is 1. The summed E-state index contributed by atoms with van der Waals surface area (Å²) in [5, 5.41) is 0.139. The summed E-state index contributed by atoms with van der Waals surface area (Å²) in [6.07, 6.45) is 1.52. The summed E-state index contributed by atoms with van der Waals surface area (Å²) < 4.78 is 6.77. The second kappa shape index (κ2) is 3.54. The lowest BCUT2D eigenvalue weighted by atomic mass is 9.89. The zero-order valence-electron chi connectivity index (χ0n) is 9.23. The number of H-pyrrole nitrogens is 1. The Morgan fingerprint density at radius 2 is 2.41 bits per heavy atom. The Morgan fingerprint density at radius 1 is 1.65 bits per heavy atom. The summed E-state index contributed by atoms with van der Waals surface area (Å²) in [6, 6.07) is 0. The highest BCUT2D eigenvalue weighted by atomic mass is 35.5. The van der Waals surface area contributed by atoms with Gasteiger partial charge in [-0.3, -0.25) is 4.57 Å². The van der Waals surface area contributed by atoms with Crippen molar-refractivity contribution in [2.45, 2.75) is 13.5 Å². The Kier molecular flexibility index (Phi) is 2.24. The SMILES string of the molecule is CC1(Cn2c(=O)[nH]c3cnc(Cl)nc32)COC1. The summed E-state index contributed by atoms with van der Waals surface area (Å²) in [4.78, 5) is 22.5. The van der Waals surface area contributed by atoms with Crippen molar-refractivity contribution in [3.05, 3.63) is 22.0 Å². The van der Waals surface area contributed by atoms with Gasteiger partial charge in [0.1, 0.15) is 5.52 Å². The number of aromatic amines is 1. The van der Waals surface area contributed by atoms with Gasteiger partial charge in [-0.25, -0.2) is 9.78 Å². The molecular formula is C10H11ClN4O2. The molecule has 0 aromatic carbocycles. The van der Waals surface area contributed by atoms with E-state index in [9.17, 15) is 4.79 Å². The Bertz CT molecular complexity index is 629. The molecule has 3 heterocycles. The van der Waals surface area contributed by atoms with Gasteiger partial charge < -0.3 is 9.72 Å². The first kappa shape index (κ1) is 10.7. The highest BCUT2D eigenvalue weighted by Gasteiger charge is 2.34. The molecule has 0 saturated carbocycles. The van der Waals surface area contributed by atoms with Gasteiger partial charge in [-0.15, -0.1) is 0 Å². The average Bonchev–Trinajstić information content (AvgIpc) is 2.53. The number of halogens is 1. The predicted molar refractivity (Wildman–Crippen MR) is 62.1 cm³/mol. The monoisotopic (exact) mass is 254 g/mol. The van der Waals surface area contributed by atoms with Crippen LogP contribution in [0.3, 0.4) is 0 Å². The van der Waals surface area contributed by atoms with Gasteiger partial charge in [0, 0.05) is 12.0 Å². The fourth-order valence-corrected chi connectivity index (χ4v) is 2.12.